The molecule has 28 heavy (non-hydrogen) atoms. The van der Waals surface area contributed by atoms with Crippen molar-refractivity contribution < 1.29 is 0 Å². The second-order valence-corrected chi connectivity index (χ2v) is 11.3. The third-order valence-electron chi connectivity index (χ3n) is 10.2. The number of hydrogen-bond acceptors (Lipinski definition) is 2. The van der Waals surface area contributed by atoms with Gasteiger partial charge in [-0.1, -0.05) is 26.7 Å². The zero-order valence-corrected chi connectivity index (χ0v) is 18.2. The summed E-state index contributed by atoms with van der Waals surface area (Å²) in [6, 6.07) is 0. The highest BCUT2D eigenvalue weighted by Crippen LogP contribution is 2.68. The second-order valence-electron chi connectivity index (χ2n) is 11.3. The van der Waals surface area contributed by atoms with Gasteiger partial charge in [0, 0.05) is 18.7 Å². The molecular formula is C25H41N3. The third-order valence-corrected chi connectivity index (χ3v) is 10.2. The van der Waals surface area contributed by atoms with Crippen molar-refractivity contribution in [1.29, 1.82) is 0 Å². The Morgan fingerprint density at radius 2 is 1.86 bits per heavy atom. The van der Waals surface area contributed by atoms with Crippen LogP contribution in [-0.2, 0) is 6.54 Å². The van der Waals surface area contributed by atoms with Gasteiger partial charge in [0.15, 0.2) is 0 Å². The van der Waals surface area contributed by atoms with Gasteiger partial charge in [0.05, 0.1) is 12.0 Å². The van der Waals surface area contributed by atoms with Crippen LogP contribution >= 0.6 is 0 Å². The van der Waals surface area contributed by atoms with Crippen LogP contribution in [0.3, 0.4) is 0 Å². The minimum Gasteiger partial charge on any atom is -0.337 e. The molecule has 0 bridgehead atoms. The van der Waals surface area contributed by atoms with Gasteiger partial charge in [0.1, 0.15) is 0 Å². The van der Waals surface area contributed by atoms with Crippen molar-refractivity contribution in [3.05, 3.63) is 18.2 Å². The zero-order chi connectivity index (χ0) is 19.4. The Kier molecular flexibility index (Phi) is 4.89. The predicted molar refractivity (Wildman–Crippen MR) is 115 cm³/mol. The van der Waals surface area contributed by atoms with Gasteiger partial charge in [-0.15, -0.1) is 0 Å². The van der Waals surface area contributed by atoms with E-state index in [1.165, 1.54) is 69.9 Å². The fourth-order valence-corrected chi connectivity index (χ4v) is 8.73. The molecule has 3 heteroatoms. The molecular weight excluding hydrogens is 342 g/mol. The summed E-state index contributed by atoms with van der Waals surface area (Å²) in [5.41, 5.74) is 8.21. The number of aryl methyl sites for hydroxylation is 1. The Bertz CT molecular complexity index is 696. The van der Waals surface area contributed by atoms with E-state index >= 15 is 0 Å². The third kappa shape index (κ3) is 2.82. The standard InChI is InChI=1S/C25H41N3/c1-24-12-4-3-6-18(24)7-8-19-20-9-10-22(25(20,2)13-11-21(19)24)23-16-28(17-27-23)15-5-14-26/h16-22H,3-15,26H2,1-2H3/t18?,19-,20-,21-,22+,24-,25-/m0/s1. The Labute approximate surface area is 171 Å². The highest BCUT2D eigenvalue weighted by molar-refractivity contribution is 5.18. The Morgan fingerprint density at radius 3 is 2.71 bits per heavy atom. The normalized spacial score (nSPS) is 45.3. The first-order valence-corrected chi connectivity index (χ1v) is 12.3. The summed E-state index contributed by atoms with van der Waals surface area (Å²) < 4.78 is 2.28. The van der Waals surface area contributed by atoms with Gasteiger partial charge >= 0.3 is 0 Å². The van der Waals surface area contributed by atoms with Crippen LogP contribution < -0.4 is 5.73 Å². The highest BCUT2D eigenvalue weighted by Gasteiger charge is 2.60. The number of rotatable bonds is 4. The van der Waals surface area contributed by atoms with Gasteiger partial charge in [-0.05, 0) is 98.8 Å². The van der Waals surface area contributed by atoms with Crippen molar-refractivity contribution in [2.75, 3.05) is 6.54 Å². The maximum atomic E-state index is 5.70. The number of hydrogen-bond donors (Lipinski definition) is 1. The van der Waals surface area contributed by atoms with E-state index in [0.29, 0.717) is 16.7 Å². The summed E-state index contributed by atoms with van der Waals surface area (Å²) in [6.45, 7) is 7.11. The topological polar surface area (TPSA) is 43.8 Å². The summed E-state index contributed by atoms with van der Waals surface area (Å²) in [5, 5.41) is 0. The molecule has 0 spiro atoms. The SMILES string of the molecule is C[C@]12CC[C@H]3[C@@H](CCC4CCCC[C@@]43C)[C@@H]1CC[C@@H]2c1cn(CCCN)cn1. The van der Waals surface area contributed by atoms with Gasteiger partial charge in [0.2, 0.25) is 0 Å². The van der Waals surface area contributed by atoms with Crippen LogP contribution in [0, 0.1) is 34.5 Å². The fraction of sp³-hybridized carbons (Fsp3) is 0.880. The molecule has 1 aromatic heterocycles. The largest absolute Gasteiger partial charge is 0.337 e. The molecule has 7 atom stereocenters. The molecule has 4 aliphatic rings. The molecule has 4 aliphatic carbocycles. The second kappa shape index (κ2) is 7.15. The van der Waals surface area contributed by atoms with Gasteiger partial charge < -0.3 is 10.3 Å². The van der Waals surface area contributed by atoms with Crippen molar-refractivity contribution in [2.24, 2.45) is 40.2 Å². The average Bonchev–Trinajstić information content (AvgIpc) is 3.29. The molecule has 0 amide bonds. The average molecular weight is 384 g/mol. The molecule has 1 unspecified atom stereocenters. The molecule has 4 saturated carbocycles. The van der Waals surface area contributed by atoms with Crippen LogP contribution in [0.25, 0.3) is 0 Å². The predicted octanol–water partition coefficient (Wildman–Crippen LogP) is 5.75. The van der Waals surface area contributed by atoms with E-state index in [1.54, 1.807) is 0 Å². The van der Waals surface area contributed by atoms with Crippen LogP contribution in [0.15, 0.2) is 12.5 Å². The van der Waals surface area contributed by atoms with Crippen LogP contribution in [0.2, 0.25) is 0 Å². The lowest BCUT2D eigenvalue weighted by molar-refractivity contribution is -0.106. The fourth-order valence-electron chi connectivity index (χ4n) is 8.73. The first-order chi connectivity index (χ1) is 13.6. The van der Waals surface area contributed by atoms with Crippen LogP contribution in [-0.4, -0.2) is 16.1 Å². The van der Waals surface area contributed by atoms with E-state index in [-0.39, 0.29) is 0 Å². The Balaban J connectivity index is 1.37. The molecule has 5 rings (SSSR count). The number of fused-ring (bicyclic) bond motifs is 5. The molecule has 0 aliphatic heterocycles. The molecule has 3 nitrogen and oxygen atoms in total. The van der Waals surface area contributed by atoms with Crippen molar-refractivity contribution in [2.45, 2.75) is 96.9 Å². The smallest absolute Gasteiger partial charge is 0.0949 e. The minimum absolute atomic E-state index is 0.478. The van der Waals surface area contributed by atoms with Gasteiger partial charge in [-0.25, -0.2) is 4.98 Å². The minimum atomic E-state index is 0.478. The summed E-state index contributed by atoms with van der Waals surface area (Å²) in [5.74, 6) is 4.63. The number of aromatic nitrogens is 2. The first kappa shape index (κ1) is 19.2. The molecule has 4 fully saturated rings. The molecule has 1 heterocycles. The Morgan fingerprint density at radius 1 is 1.00 bits per heavy atom. The lowest BCUT2D eigenvalue weighted by Crippen LogP contribution is -2.52. The van der Waals surface area contributed by atoms with E-state index in [9.17, 15) is 0 Å². The van der Waals surface area contributed by atoms with E-state index in [1.807, 2.05) is 0 Å². The van der Waals surface area contributed by atoms with Crippen LogP contribution in [0.1, 0.15) is 96.1 Å². The maximum absolute atomic E-state index is 5.70. The van der Waals surface area contributed by atoms with E-state index < -0.39 is 0 Å². The van der Waals surface area contributed by atoms with Crippen LogP contribution in [0.5, 0.6) is 0 Å². The zero-order valence-electron chi connectivity index (χ0n) is 18.2. The summed E-state index contributed by atoms with van der Waals surface area (Å²) in [7, 11) is 0. The maximum Gasteiger partial charge on any atom is 0.0949 e. The summed E-state index contributed by atoms with van der Waals surface area (Å²) >= 11 is 0. The molecule has 0 radical (unpaired) electrons. The molecule has 156 valence electrons. The lowest BCUT2D eigenvalue weighted by atomic mass is 9.45. The van der Waals surface area contributed by atoms with Crippen molar-refractivity contribution >= 4 is 0 Å². The first-order valence-electron chi connectivity index (χ1n) is 12.3. The summed E-state index contributed by atoms with van der Waals surface area (Å²) in [4.78, 5) is 4.89. The van der Waals surface area contributed by atoms with Crippen molar-refractivity contribution in [3.63, 3.8) is 0 Å². The van der Waals surface area contributed by atoms with Crippen LogP contribution in [0.4, 0.5) is 0 Å². The van der Waals surface area contributed by atoms with E-state index in [4.69, 9.17) is 10.7 Å². The molecule has 1 aromatic rings. The Hall–Kier alpha value is -0.830. The van der Waals surface area contributed by atoms with E-state index in [0.717, 1.165) is 43.2 Å². The molecule has 0 aromatic carbocycles. The lowest BCUT2D eigenvalue weighted by Gasteiger charge is -2.60. The highest BCUT2D eigenvalue weighted by atomic mass is 15.0. The van der Waals surface area contributed by atoms with E-state index in [2.05, 4.69) is 30.9 Å². The monoisotopic (exact) mass is 383 g/mol. The molecule has 2 N–H and O–H groups in total. The number of imidazole rings is 1. The van der Waals surface area contributed by atoms with Crippen molar-refractivity contribution in [3.8, 4) is 0 Å². The molecule has 0 saturated heterocycles. The number of nitrogens with two attached hydrogens (primary N) is 1. The van der Waals surface area contributed by atoms with Crippen molar-refractivity contribution in [1.82, 2.24) is 9.55 Å². The van der Waals surface area contributed by atoms with Gasteiger partial charge in [-0.3, -0.25) is 0 Å². The summed E-state index contributed by atoms with van der Waals surface area (Å²) in [6.07, 6.45) is 20.2. The quantitative estimate of drug-likeness (QED) is 0.719. The van der Waals surface area contributed by atoms with Gasteiger partial charge in [0.25, 0.3) is 0 Å². The number of nitrogens with zero attached hydrogens (tertiary/aromatic N) is 2. The van der Waals surface area contributed by atoms with Gasteiger partial charge in [-0.2, -0.15) is 0 Å².